The molecule has 0 unspecified atom stereocenters. The fraction of sp³-hybridized carbons (Fsp3) is 0.357. The van der Waals surface area contributed by atoms with Gasteiger partial charge in [0.15, 0.2) is 0 Å². The molecular formula is C14H16ClNOS. The number of benzene rings is 1. The third-order valence-electron chi connectivity index (χ3n) is 2.53. The predicted octanol–water partition coefficient (Wildman–Crippen LogP) is 4.03. The van der Waals surface area contributed by atoms with Crippen molar-refractivity contribution in [2.45, 2.75) is 25.3 Å². The van der Waals surface area contributed by atoms with Gasteiger partial charge in [-0.05, 0) is 12.0 Å². The topological polar surface area (TPSA) is 22.1 Å². The summed E-state index contributed by atoms with van der Waals surface area (Å²) >= 11 is 7.39. The highest BCUT2D eigenvalue weighted by Gasteiger charge is 2.00. The molecule has 0 spiro atoms. The van der Waals surface area contributed by atoms with E-state index in [0.29, 0.717) is 12.5 Å². The second-order valence-electron chi connectivity index (χ2n) is 4.01. The molecular weight excluding hydrogens is 266 g/mol. The fourth-order valence-corrected chi connectivity index (χ4v) is 2.68. The average molecular weight is 282 g/mol. The first-order valence-corrected chi connectivity index (χ1v) is 7.41. The first-order valence-electron chi connectivity index (χ1n) is 5.99. The average Bonchev–Trinajstić information content (AvgIpc) is 2.87. The number of ether oxygens (including phenoxy) is 1. The molecule has 4 heteroatoms. The zero-order valence-electron chi connectivity index (χ0n) is 10.1. The summed E-state index contributed by atoms with van der Waals surface area (Å²) in [5.41, 5.74) is 2.19. The molecule has 2 aromatic rings. The van der Waals surface area contributed by atoms with E-state index in [0.717, 1.165) is 30.2 Å². The van der Waals surface area contributed by atoms with Crippen molar-refractivity contribution < 1.29 is 4.74 Å². The predicted molar refractivity (Wildman–Crippen MR) is 76.1 cm³/mol. The Labute approximate surface area is 117 Å². The minimum absolute atomic E-state index is 0.501. The van der Waals surface area contributed by atoms with Gasteiger partial charge in [-0.1, -0.05) is 30.3 Å². The molecule has 0 aliphatic heterocycles. The van der Waals surface area contributed by atoms with E-state index in [1.807, 2.05) is 23.6 Å². The van der Waals surface area contributed by atoms with Crippen molar-refractivity contribution >= 4 is 22.9 Å². The van der Waals surface area contributed by atoms with Crippen LogP contribution in [0.25, 0.3) is 0 Å². The Morgan fingerprint density at radius 1 is 1.22 bits per heavy atom. The first-order chi connectivity index (χ1) is 8.88. The molecule has 0 radical (unpaired) electrons. The molecule has 2 rings (SSSR count). The van der Waals surface area contributed by atoms with Gasteiger partial charge < -0.3 is 4.74 Å². The Bertz CT molecular complexity index is 458. The molecule has 0 N–H and O–H groups in total. The molecule has 1 aromatic carbocycles. The van der Waals surface area contributed by atoms with E-state index in [4.69, 9.17) is 16.3 Å². The van der Waals surface area contributed by atoms with E-state index in [2.05, 4.69) is 17.1 Å². The Balaban J connectivity index is 1.61. The van der Waals surface area contributed by atoms with Gasteiger partial charge in [0, 0.05) is 18.4 Å². The molecule has 0 aliphatic rings. The summed E-state index contributed by atoms with van der Waals surface area (Å²) in [6, 6.07) is 10.2. The lowest BCUT2D eigenvalue weighted by Gasteiger charge is -2.03. The van der Waals surface area contributed by atoms with Crippen LogP contribution in [0, 0.1) is 0 Å². The van der Waals surface area contributed by atoms with Crippen LogP contribution in [0.5, 0.6) is 0 Å². The molecule has 0 atom stereocenters. The van der Waals surface area contributed by atoms with Crippen molar-refractivity contribution in [1.29, 1.82) is 0 Å². The highest BCUT2D eigenvalue weighted by atomic mass is 35.5. The van der Waals surface area contributed by atoms with Crippen LogP contribution in [0.4, 0.5) is 0 Å². The largest absolute Gasteiger partial charge is 0.377 e. The second kappa shape index (κ2) is 7.52. The number of alkyl halides is 1. The van der Waals surface area contributed by atoms with Crippen molar-refractivity contribution in [1.82, 2.24) is 4.98 Å². The Morgan fingerprint density at radius 3 is 2.78 bits per heavy atom. The summed E-state index contributed by atoms with van der Waals surface area (Å²) in [4.78, 5) is 4.42. The van der Waals surface area contributed by atoms with Crippen LogP contribution in [0.3, 0.4) is 0 Å². The van der Waals surface area contributed by atoms with Crippen LogP contribution in [0.1, 0.15) is 22.7 Å². The molecule has 2 nitrogen and oxygen atoms in total. The van der Waals surface area contributed by atoms with Gasteiger partial charge in [-0.15, -0.1) is 22.9 Å². The molecule has 0 bridgehead atoms. The van der Waals surface area contributed by atoms with Gasteiger partial charge in [-0.2, -0.15) is 0 Å². The summed E-state index contributed by atoms with van der Waals surface area (Å²) in [5, 5.41) is 3.17. The van der Waals surface area contributed by atoms with Crippen molar-refractivity contribution in [3.05, 3.63) is 52.0 Å². The lowest BCUT2D eigenvalue weighted by Crippen LogP contribution is -1.97. The van der Waals surface area contributed by atoms with Crippen LogP contribution >= 0.6 is 22.9 Å². The summed E-state index contributed by atoms with van der Waals surface area (Å²) in [7, 11) is 0. The monoisotopic (exact) mass is 281 g/mol. The van der Waals surface area contributed by atoms with E-state index in [9.17, 15) is 0 Å². The lowest BCUT2D eigenvalue weighted by atomic mass is 10.2. The molecule has 1 heterocycles. The van der Waals surface area contributed by atoms with Crippen molar-refractivity contribution in [2.24, 2.45) is 0 Å². The summed E-state index contributed by atoms with van der Waals surface area (Å²) in [6.07, 6.45) is 1.97. The molecule has 0 aliphatic carbocycles. The van der Waals surface area contributed by atoms with E-state index < -0.39 is 0 Å². The molecule has 18 heavy (non-hydrogen) atoms. The number of aryl methyl sites for hydroxylation is 1. The number of hydrogen-bond donors (Lipinski definition) is 0. The Morgan fingerprint density at radius 2 is 2.06 bits per heavy atom. The minimum Gasteiger partial charge on any atom is -0.377 e. The highest BCUT2D eigenvalue weighted by Crippen LogP contribution is 2.13. The van der Waals surface area contributed by atoms with Crippen LogP contribution in [-0.4, -0.2) is 11.6 Å². The molecule has 0 saturated carbocycles. The van der Waals surface area contributed by atoms with Gasteiger partial charge in [0.2, 0.25) is 0 Å². The number of thiazole rings is 1. The van der Waals surface area contributed by atoms with Crippen LogP contribution in [0.15, 0.2) is 35.7 Å². The van der Waals surface area contributed by atoms with Crippen LogP contribution in [-0.2, 0) is 23.6 Å². The number of hydrogen-bond acceptors (Lipinski definition) is 3. The second-order valence-corrected chi connectivity index (χ2v) is 5.22. The van der Waals surface area contributed by atoms with E-state index in [-0.39, 0.29) is 0 Å². The standard InChI is InChI=1S/C14H16ClNOS/c15-9-13-11-18-14(16-13)7-4-8-17-10-12-5-2-1-3-6-12/h1-3,5-6,11H,4,7-10H2. The quantitative estimate of drug-likeness (QED) is 0.565. The molecule has 1 aromatic heterocycles. The first kappa shape index (κ1) is 13.5. The number of nitrogens with zero attached hydrogens (tertiary/aromatic N) is 1. The number of rotatable bonds is 7. The summed E-state index contributed by atoms with van der Waals surface area (Å²) in [6.45, 7) is 1.45. The normalized spacial score (nSPS) is 10.7. The maximum Gasteiger partial charge on any atom is 0.0929 e. The van der Waals surface area contributed by atoms with Gasteiger partial charge in [0.1, 0.15) is 0 Å². The van der Waals surface area contributed by atoms with Crippen LogP contribution < -0.4 is 0 Å². The number of halogens is 1. The SMILES string of the molecule is ClCc1csc(CCCOCc2ccccc2)n1. The molecule has 0 saturated heterocycles. The molecule has 0 amide bonds. The van der Waals surface area contributed by atoms with Gasteiger partial charge >= 0.3 is 0 Å². The van der Waals surface area contributed by atoms with E-state index >= 15 is 0 Å². The van der Waals surface area contributed by atoms with Gasteiger partial charge in [0.05, 0.1) is 23.2 Å². The zero-order valence-corrected chi connectivity index (χ0v) is 11.7. The van der Waals surface area contributed by atoms with Gasteiger partial charge in [-0.3, -0.25) is 0 Å². The summed E-state index contributed by atoms with van der Waals surface area (Å²) < 4.78 is 5.63. The Hall–Kier alpha value is -0.900. The van der Waals surface area contributed by atoms with Crippen LogP contribution in [0.2, 0.25) is 0 Å². The summed E-state index contributed by atoms with van der Waals surface area (Å²) in [5.74, 6) is 0.501. The zero-order chi connectivity index (χ0) is 12.6. The van der Waals surface area contributed by atoms with Gasteiger partial charge in [-0.25, -0.2) is 4.98 Å². The smallest absolute Gasteiger partial charge is 0.0929 e. The number of aromatic nitrogens is 1. The van der Waals surface area contributed by atoms with Gasteiger partial charge in [0.25, 0.3) is 0 Å². The maximum atomic E-state index is 5.71. The maximum absolute atomic E-state index is 5.71. The lowest BCUT2D eigenvalue weighted by molar-refractivity contribution is 0.118. The van der Waals surface area contributed by atoms with Crippen molar-refractivity contribution in [2.75, 3.05) is 6.61 Å². The molecule has 0 fully saturated rings. The fourth-order valence-electron chi connectivity index (χ4n) is 1.61. The minimum atomic E-state index is 0.501. The van der Waals surface area contributed by atoms with E-state index in [1.165, 1.54) is 5.56 Å². The molecule has 96 valence electrons. The van der Waals surface area contributed by atoms with Crippen molar-refractivity contribution in [3.63, 3.8) is 0 Å². The Kier molecular flexibility index (Phi) is 5.65. The third-order valence-corrected chi connectivity index (χ3v) is 3.76. The highest BCUT2D eigenvalue weighted by molar-refractivity contribution is 7.09. The van der Waals surface area contributed by atoms with Crippen molar-refractivity contribution in [3.8, 4) is 0 Å². The third kappa shape index (κ3) is 4.41. The van der Waals surface area contributed by atoms with E-state index in [1.54, 1.807) is 11.3 Å².